The zero-order chi connectivity index (χ0) is 23.1. The van der Waals surface area contributed by atoms with Gasteiger partial charge in [0.05, 0.1) is 24.8 Å². The van der Waals surface area contributed by atoms with Crippen LogP contribution in [-0.4, -0.2) is 64.1 Å². The average Bonchev–Trinajstić information content (AvgIpc) is 2.82. The topological polar surface area (TPSA) is 117 Å². The number of hydrogen-bond donors (Lipinski definition) is 0. The first kappa shape index (κ1) is 23.3. The number of nitrogens with zero attached hydrogens (tertiary/aromatic N) is 3. The molecule has 0 unspecified atom stereocenters. The van der Waals surface area contributed by atoms with Gasteiger partial charge in [-0.15, -0.1) is 0 Å². The van der Waals surface area contributed by atoms with Crippen molar-refractivity contribution in [3.63, 3.8) is 0 Å². The van der Waals surface area contributed by atoms with Crippen molar-refractivity contribution in [2.75, 3.05) is 44.4 Å². The molecule has 1 amide bonds. The predicted molar refractivity (Wildman–Crippen MR) is 111 cm³/mol. The second-order valence-corrected chi connectivity index (χ2v) is 8.62. The molecule has 9 nitrogen and oxygen atoms in total. The average molecular weight is 461 g/mol. The lowest BCUT2D eigenvalue weighted by atomic mass is 10.2. The second-order valence-electron chi connectivity index (χ2n) is 6.71. The molecule has 1 saturated heterocycles. The zero-order valence-electron chi connectivity index (χ0n) is 16.9. The summed E-state index contributed by atoms with van der Waals surface area (Å²) in [7, 11) is -4.18. The molecule has 0 aliphatic carbocycles. The molecule has 1 heterocycles. The number of anilines is 1. The fraction of sp³-hybridized carbons (Fsp3) is 0.286. The van der Waals surface area contributed by atoms with Gasteiger partial charge < -0.3 is 9.47 Å². The first-order valence-electron chi connectivity index (χ1n) is 9.61. The van der Waals surface area contributed by atoms with Gasteiger partial charge in [0.2, 0.25) is 10.0 Å². The number of amides is 1. The van der Waals surface area contributed by atoms with Gasteiger partial charge in [-0.1, -0.05) is 18.2 Å². The van der Waals surface area contributed by atoms with Gasteiger partial charge in [-0.25, -0.2) is 17.6 Å². The van der Waals surface area contributed by atoms with E-state index < -0.39 is 39.2 Å². The number of rotatable bonds is 7. The molecule has 168 valence electrons. The normalized spacial score (nSPS) is 14.4. The zero-order valence-corrected chi connectivity index (χ0v) is 17.8. The number of carbonyl (C=O) groups is 2. The number of benzene rings is 2. The number of sulfonamides is 1. The Balaban J connectivity index is 1.73. The smallest absolute Gasteiger partial charge is 0.338 e. The van der Waals surface area contributed by atoms with Crippen molar-refractivity contribution in [3.8, 4) is 6.07 Å². The highest BCUT2D eigenvalue weighted by Crippen LogP contribution is 2.22. The maximum atomic E-state index is 14.3. The van der Waals surface area contributed by atoms with Gasteiger partial charge >= 0.3 is 5.97 Å². The minimum Gasteiger partial charge on any atom is -0.452 e. The third kappa shape index (κ3) is 5.28. The molecule has 0 atom stereocenters. The molecule has 2 aromatic rings. The van der Waals surface area contributed by atoms with Crippen molar-refractivity contribution in [3.05, 3.63) is 59.9 Å². The summed E-state index contributed by atoms with van der Waals surface area (Å²) in [5.74, 6) is -2.65. The summed E-state index contributed by atoms with van der Waals surface area (Å²) >= 11 is 0. The quantitative estimate of drug-likeness (QED) is 0.454. The van der Waals surface area contributed by atoms with Crippen molar-refractivity contribution < 1.29 is 31.9 Å². The molecule has 0 aromatic heterocycles. The second kappa shape index (κ2) is 10.3. The lowest BCUT2D eigenvalue weighted by Gasteiger charge is -2.26. The highest BCUT2D eigenvalue weighted by Gasteiger charge is 2.30. The number of ether oxygens (including phenoxy) is 2. The number of nitriles is 1. The highest BCUT2D eigenvalue weighted by atomic mass is 32.2. The number of halogens is 1. The van der Waals surface area contributed by atoms with Crippen LogP contribution < -0.4 is 4.90 Å². The van der Waals surface area contributed by atoms with Gasteiger partial charge in [-0.2, -0.15) is 9.57 Å². The van der Waals surface area contributed by atoms with Crippen LogP contribution in [0.15, 0.2) is 53.4 Å². The van der Waals surface area contributed by atoms with Gasteiger partial charge in [-0.05, 0) is 30.3 Å². The van der Waals surface area contributed by atoms with Crippen LogP contribution in [-0.2, 0) is 24.3 Å². The van der Waals surface area contributed by atoms with Crippen molar-refractivity contribution >= 4 is 27.6 Å². The number of para-hydroxylation sites is 1. The molecule has 1 aliphatic heterocycles. The Morgan fingerprint density at radius 2 is 1.84 bits per heavy atom. The standard InChI is InChI=1S/C21H20FN3O6S/c22-18-7-6-16(14-19(18)32(28,29)24-10-12-30-13-11-24)21(27)31-15-20(26)25(9-8-23)17-4-2-1-3-5-17/h1-7,14H,9-13,15H2. The van der Waals surface area contributed by atoms with Crippen LogP contribution in [0.3, 0.4) is 0 Å². The van der Waals surface area contributed by atoms with Crippen LogP contribution >= 0.6 is 0 Å². The Morgan fingerprint density at radius 1 is 1.16 bits per heavy atom. The van der Waals surface area contributed by atoms with Gasteiger partial charge in [0, 0.05) is 18.8 Å². The van der Waals surface area contributed by atoms with E-state index in [1.54, 1.807) is 30.3 Å². The van der Waals surface area contributed by atoms with Gasteiger partial charge in [-0.3, -0.25) is 9.69 Å². The Hall–Kier alpha value is -3.33. The summed E-state index contributed by atoms with van der Waals surface area (Å²) in [6.45, 7) is -0.424. The fourth-order valence-electron chi connectivity index (χ4n) is 3.04. The molecule has 3 rings (SSSR count). The minimum atomic E-state index is -4.18. The Bertz CT molecular complexity index is 1130. The van der Waals surface area contributed by atoms with Crippen LogP contribution in [0.4, 0.5) is 10.1 Å². The van der Waals surface area contributed by atoms with Crippen LogP contribution in [0.2, 0.25) is 0 Å². The van der Waals surface area contributed by atoms with Crippen molar-refractivity contribution in [2.24, 2.45) is 0 Å². The molecule has 0 N–H and O–H groups in total. The van der Waals surface area contributed by atoms with E-state index in [0.29, 0.717) is 5.69 Å². The first-order chi connectivity index (χ1) is 15.3. The van der Waals surface area contributed by atoms with E-state index in [0.717, 1.165) is 27.4 Å². The predicted octanol–water partition coefficient (Wildman–Crippen LogP) is 1.56. The molecular formula is C21H20FN3O6S. The van der Waals surface area contributed by atoms with E-state index in [-0.39, 0.29) is 38.4 Å². The number of carbonyl (C=O) groups excluding carboxylic acids is 2. The maximum Gasteiger partial charge on any atom is 0.338 e. The summed E-state index contributed by atoms with van der Waals surface area (Å²) in [6.07, 6.45) is 0. The van der Waals surface area contributed by atoms with E-state index in [9.17, 15) is 22.4 Å². The third-order valence-electron chi connectivity index (χ3n) is 4.68. The molecular weight excluding hydrogens is 441 g/mol. The lowest BCUT2D eigenvalue weighted by molar-refractivity contribution is -0.121. The monoisotopic (exact) mass is 461 g/mol. The highest BCUT2D eigenvalue weighted by molar-refractivity contribution is 7.89. The minimum absolute atomic E-state index is 0.0686. The third-order valence-corrected chi connectivity index (χ3v) is 6.59. The van der Waals surface area contributed by atoms with E-state index in [2.05, 4.69) is 0 Å². The van der Waals surface area contributed by atoms with Gasteiger partial charge in [0.15, 0.2) is 6.61 Å². The molecule has 0 spiro atoms. The van der Waals surface area contributed by atoms with Crippen LogP contribution in [0.5, 0.6) is 0 Å². The number of hydrogen-bond acceptors (Lipinski definition) is 7. The molecule has 0 radical (unpaired) electrons. The number of esters is 1. The van der Waals surface area contributed by atoms with Crippen LogP contribution in [0.1, 0.15) is 10.4 Å². The largest absolute Gasteiger partial charge is 0.452 e. The fourth-order valence-corrected chi connectivity index (χ4v) is 4.54. The Labute approximate surface area is 184 Å². The number of morpholine rings is 1. The van der Waals surface area contributed by atoms with E-state index in [1.807, 2.05) is 6.07 Å². The summed E-state index contributed by atoms with van der Waals surface area (Å²) in [4.78, 5) is 25.4. The maximum absolute atomic E-state index is 14.3. The van der Waals surface area contributed by atoms with E-state index in [1.165, 1.54) is 0 Å². The molecule has 0 bridgehead atoms. The van der Waals surface area contributed by atoms with Crippen LogP contribution in [0, 0.1) is 17.1 Å². The Kier molecular flexibility index (Phi) is 7.53. The summed E-state index contributed by atoms with van der Waals surface area (Å²) in [6, 6.07) is 13.1. The molecule has 0 saturated carbocycles. The van der Waals surface area contributed by atoms with E-state index in [4.69, 9.17) is 14.7 Å². The van der Waals surface area contributed by atoms with Crippen molar-refractivity contribution in [2.45, 2.75) is 4.90 Å². The van der Waals surface area contributed by atoms with Crippen molar-refractivity contribution in [1.82, 2.24) is 4.31 Å². The molecule has 32 heavy (non-hydrogen) atoms. The van der Waals surface area contributed by atoms with Crippen LogP contribution in [0.25, 0.3) is 0 Å². The molecule has 11 heteroatoms. The summed E-state index contributed by atoms with van der Waals surface area (Å²) < 4.78 is 51.0. The SMILES string of the molecule is N#CCN(C(=O)COC(=O)c1ccc(F)c(S(=O)(=O)N2CCOCC2)c1)c1ccccc1. The van der Waals surface area contributed by atoms with Gasteiger partial charge in [0.25, 0.3) is 5.91 Å². The molecule has 2 aromatic carbocycles. The van der Waals surface area contributed by atoms with E-state index >= 15 is 0 Å². The lowest BCUT2D eigenvalue weighted by Crippen LogP contribution is -2.41. The Morgan fingerprint density at radius 3 is 2.50 bits per heavy atom. The first-order valence-corrected chi connectivity index (χ1v) is 11.1. The molecule has 1 aliphatic rings. The molecule has 1 fully saturated rings. The summed E-state index contributed by atoms with van der Waals surface area (Å²) in [5.41, 5.74) is 0.230. The van der Waals surface area contributed by atoms with Gasteiger partial charge in [0.1, 0.15) is 17.3 Å². The van der Waals surface area contributed by atoms with Crippen molar-refractivity contribution in [1.29, 1.82) is 5.26 Å². The summed E-state index contributed by atoms with van der Waals surface area (Å²) in [5, 5.41) is 8.99.